The van der Waals surface area contributed by atoms with E-state index < -0.39 is 0 Å². The molecule has 0 radical (unpaired) electrons. The molecule has 150 valence electrons. The van der Waals surface area contributed by atoms with E-state index >= 15 is 0 Å². The number of benzene rings is 1. The minimum Gasteiger partial charge on any atom is -0.322 e. The fraction of sp³-hybridized carbons (Fsp3) is 0.591. The van der Waals surface area contributed by atoms with Gasteiger partial charge in [0.05, 0.1) is 12.6 Å². The zero-order valence-electron chi connectivity index (χ0n) is 17.1. The molecule has 2 N–H and O–H groups in total. The van der Waals surface area contributed by atoms with Gasteiger partial charge in [0, 0.05) is 5.56 Å². The number of rotatable bonds is 6. The summed E-state index contributed by atoms with van der Waals surface area (Å²) in [6.07, 6.45) is 8.36. The molecule has 6 nitrogen and oxygen atoms in total. The average Bonchev–Trinajstić information content (AvgIpc) is 3.21. The Hall–Kier alpha value is -2.05. The van der Waals surface area contributed by atoms with Crippen LogP contribution in [0.1, 0.15) is 61.1 Å². The highest BCUT2D eigenvalue weighted by atomic mass is 15.6. The molecule has 4 rings (SSSR count). The van der Waals surface area contributed by atoms with Gasteiger partial charge in [-0.05, 0) is 36.3 Å². The van der Waals surface area contributed by atoms with E-state index in [-0.39, 0.29) is 6.04 Å². The van der Waals surface area contributed by atoms with Gasteiger partial charge in [-0.25, -0.2) is 4.68 Å². The number of tetrazole rings is 1. The topological polar surface area (TPSA) is 52.5 Å². The van der Waals surface area contributed by atoms with Crippen LogP contribution in [0.15, 0.2) is 36.9 Å². The number of hydrogen-bond acceptors (Lipinski definition) is 3. The third-order valence-electron chi connectivity index (χ3n) is 6.55. The van der Waals surface area contributed by atoms with Crippen molar-refractivity contribution in [1.29, 1.82) is 0 Å². The number of piperazine rings is 1. The molecule has 6 heteroatoms. The average molecular weight is 383 g/mol. The molecule has 1 aromatic carbocycles. The Kier molecular flexibility index (Phi) is 6.17. The largest absolute Gasteiger partial charge is 0.322 e. The second-order valence-corrected chi connectivity index (χ2v) is 8.52. The zero-order valence-corrected chi connectivity index (χ0v) is 17.1. The molecule has 2 aromatic rings. The van der Waals surface area contributed by atoms with Gasteiger partial charge >= 0.3 is 0 Å². The summed E-state index contributed by atoms with van der Waals surface area (Å²) in [5.74, 6) is 1.05. The van der Waals surface area contributed by atoms with Crippen LogP contribution < -0.4 is 9.80 Å². The first-order chi connectivity index (χ1) is 13.8. The summed E-state index contributed by atoms with van der Waals surface area (Å²) >= 11 is 0. The molecule has 1 saturated carbocycles. The highest BCUT2D eigenvalue weighted by molar-refractivity contribution is 5.26. The van der Waals surface area contributed by atoms with E-state index in [0.717, 1.165) is 25.5 Å². The summed E-state index contributed by atoms with van der Waals surface area (Å²) in [6.45, 7) is 11.7. The van der Waals surface area contributed by atoms with Gasteiger partial charge < -0.3 is 9.80 Å². The molecule has 1 aliphatic carbocycles. The predicted octanol–water partition coefficient (Wildman–Crippen LogP) is 0.546. The Balaban J connectivity index is 1.64. The van der Waals surface area contributed by atoms with Crippen LogP contribution in [0.2, 0.25) is 0 Å². The monoisotopic (exact) mass is 382 g/mol. The van der Waals surface area contributed by atoms with Crippen molar-refractivity contribution in [3.63, 3.8) is 0 Å². The molecule has 0 bridgehead atoms. The normalized spacial score (nSPS) is 24.8. The lowest BCUT2D eigenvalue weighted by atomic mass is 9.95. The lowest BCUT2D eigenvalue weighted by molar-refractivity contribution is -1.02. The SMILES string of the molecule is C=CC[NH+]1CC[NH+]([C@H](c2ccc(C)cc2)c2nnnn2C2CCCCC2)CC1. The van der Waals surface area contributed by atoms with Gasteiger partial charge in [-0.15, -0.1) is 5.10 Å². The maximum atomic E-state index is 4.58. The van der Waals surface area contributed by atoms with Crippen LogP contribution in [0.25, 0.3) is 0 Å². The second kappa shape index (κ2) is 8.97. The number of nitrogens with zero attached hydrogens (tertiary/aromatic N) is 4. The fourth-order valence-corrected chi connectivity index (χ4v) is 4.92. The first kappa shape index (κ1) is 19.3. The van der Waals surface area contributed by atoms with Gasteiger partial charge in [-0.2, -0.15) is 0 Å². The van der Waals surface area contributed by atoms with Crippen molar-refractivity contribution in [3.8, 4) is 0 Å². The molecule has 1 aliphatic heterocycles. The van der Waals surface area contributed by atoms with E-state index in [2.05, 4.69) is 58.0 Å². The number of nitrogens with one attached hydrogen (secondary N) is 2. The van der Waals surface area contributed by atoms with Crippen molar-refractivity contribution >= 4 is 0 Å². The van der Waals surface area contributed by atoms with Crippen molar-refractivity contribution in [3.05, 3.63) is 53.9 Å². The molecule has 2 fully saturated rings. The third-order valence-corrected chi connectivity index (χ3v) is 6.55. The predicted molar refractivity (Wildman–Crippen MR) is 109 cm³/mol. The molecule has 28 heavy (non-hydrogen) atoms. The number of aromatic nitrogens is 4. The van der Waals surface area contributed by atoms with Crippen LogP contribution in [0.4, 0.5) is 0 Å². The van der Waals surface area contributed by atoms with Crippen LogP contribution in [-0.2, 0) is 0 Å². The molecule has 0 spiro atoms. The Morgan fingerprint density at radius 2 is 1.82 bits per heavy atom. The lowest BCUT2D eigenvalue weighted by Gasteiger charge is -2.34. The number of quaternary nitrogens is 2. The van der Waals surface area contributed by atoms with Crippen LogP contribution in [0.5, 0.6) is 0 Å². The highest BCUT2D eigenvalue weighted by Crippen LogP contribution is 2.30. The Morgan fingerprint density at radius 3 is 2.50 bits per heavy atom. The van der Waals surface area contributed by atoms with Crippen molar-refractivity contribution < 1.29 is 9.80 Å². The van der Waals surface area contributed by atoms with E-state index in [1.165, 1.54) is 56.3 Å². The molecule has 0 amide bonds. The maximum Gasteiger partial charge on any atom is 0.214 e. The van der Waals surface area contributed by atoms with Gasteiger partial charge in [0.2, 0.25) is 5.82 Å². The van der Waals surface area contributed by atoms with Gasteiger partial charge in [-0.1, -0.05) is 55.7 Å². The standard InChI is InChI=1S/C22H32N6/c1-3-13-26-14-16-27(17-15-26)21(19-11-9-18(2)10-12-19)22-23-24-25-28(22)20-7-5-4-6-8-20/h3,9-12,20-21H,1,4-8,13-17H2,2H3/p+2/t21-/m1/s1. The highest BCUT2D eigenvalue weighted by Gasteiger charge is 2.36. The van der Waals surface area contributed by atoms with Gasteiger partial charge in [0.1, 0.15) is 26.2 Å². The molecular weight excluding hydrogens is 348 g/mol. The Labute approximate surface area is 168 Å². The molecule has 1 aromatic heterocycles. The summed E-state index contributed by atoms with van der Waals surface area (Å²) in [5, 5.41) is 13.2. The van der Waals surface area contributed by atoms with E-state index in [4.69, 9.17) is 0 Å². The molecule has 0 unspecified atom stereocenters. The Bertz CT molecular complexity index is 754. The van der Waals surface area contributed by atoms with Crippen LogP contribution in [0, 0.1) is 6.92 Å². The first-order valence-corrected chi connectivity index (χ1v) is 10.9. The number of aryl methyl sites for hydroxylation is 1. The van der Waals surface area contributed by atoms with Crippen molar-refractivity contribution in [2.75, 3.05) is 32.7 Å². The first-order valence-electron chi connectivity index (χ1n) is 10.9. The van der Waals surface area contributed by atoms with Crippen molar-refractivity contribution in [2.45, 2.75) is 51.1 Å². The van der Waals surface area contributed by atoms with E-state index in [1.54, 1.807) is 9.80 Å². The van der Waals surface area contributed by atoms with Crippen LogP contribution in [0.3, 0.4) is 0 Å². The number of hydrogen-bond donors (Lipinski definition) is 2. The smallest absolute Gasteiger partial charge is 0.214 e. The minimum absolute atomic E-state index is 0.211. The molecular formula is C22H34N6+2. The zero-order chi connectivity index (χ0) is 19.3. The summed E-state index contributed by atoms with van der Waals surface area (Å²) in [4.78, 5) is 3.22. The van der Waals surface area contributed by atoms with Crippen molar-refractivity contribution in [2.24, 2.45) is 0 Å². The second-order valence-electron chi connectivity index (χ2n) is 8.52. The van der Waals surface area contributed by atoms with Gasteiger partial charge in [0.25, 0.3) is 0 Å². The summed E-state index contributed by atoms with van der Waals surface area (Å²) in [5.41, 5.74) is 2.63. The summed E-state index contributed by atoms with van der Waals surface area (Å²) < 4.78 is 2.17. The van der Waals surface area contributed by atoms with Gasteiger partial charge in [-0.3, -0.25) is 0 Å². The van der Waals surface area contributed by atoms with E-state index in [1.807, 2.05) is 6.08 Å². The van der Waals surface area contributed by atoms with Crippen LogP contribution in [-0.4, -0.2) is 52.9 Å². The third kappa shape index (κ3) is 4.18. The molecule has 2 aliphatic rings. The van der Waals surface area contributed by atoms with Gasteiger partial charge in [0.15, 0.2) is 6.04 Å². The van der Waals surface area contributed by atoms with E-state index in [9.17, 15) is 0 Å². The maximum absolute atomic E-state index is 4.58. The molecule has 1 saturated heterocycles. The fourth-order valence-electron chi connectivity index (χ4n) is 4.92. The summed E-state index contributed by atoms with van der Waals surface area (Å²) in [7, 11) is 0. The minimum atomic E-state index is 0.211. The lowest BCUT2D eigenvalue weighted by Crippen LogP contribution is -3.28. The quantitative estimate of drug-likeness (QED) is 0.718. The Morgan fingerprint density at radius 1 is 1.11 bits per heavy atom. The van der Waals surface area contributed by atoms with Crippen molar-refractivity contribution in [1.82, 2.24) is 20.2 Å². The van der Waals surface area contributed by atoms with E-state index in [0.29, 0.717) is 6.04 Å². The summed E-state index contributed by atoms with van der Waals surface area (Å²) in [6, 6.07) is 9.65. The molecule has 1 atom stereocenters. The van der Waals surface area contributed by atoms with Crippen LogP contribution >= 0.6 is 0 Å². The molecule has 2 heterocycles.